The number of anilines is 1. The number of rotatable bonds is 10. The van der Waals surface area contributed by atoms with Crippen LogP contribution < -0.4 is 20.1 Å². The first-order valence-electron chi connectivity index (χ1n) is 19.0. The molecule has 0 saturated heterocycles. The lowest BCUT2D eigenvalue weighted by Crippen LogP contribution is -2.53. The van der Waals surface area contributed by atoms with Gasteiger partial charge in [0.25, 0.3) is 18.3 Å². The minimum Gasteiger partial charge on any atom is -0.489 e. The molecule has 5 aromatic carbocycles. The summed E-state index contributed by atoms with van der Waals surface area (Å²) in [7, 11) is 0. The number of carboxylic acid groups (broad SMARTS) is 1. The van der Waals surface area contributed by atoms with Gasteiger partial charge in [-0.3, -0.25) is 19.2 Å². The average molecular weight is 859 g/mol. The molecule has 0 saturated carbocycles. The van der Waals surface area contributed by atoms with Crippen LogP contribution in [0.5, 0.6) is 11.5 Å². The Balaban J connectivity index is 0.00000182. The van der Waals surface area contributed by atoms with E-state index in [0.29, 0.717) is 57.1 Å². The Kier molecular flexibility index (Phi) is 13.0. The van der Waals surface area contributed by atoms with Gasteiger partial charge in [0.1, 0.15) is 29.9 Å². The fourth-order valence-electron chi connectivity index (χ4n) is 7.06. The molecule has 6 aromatic rings. The van der Waals surface area contributed by atoms with Crippen molar-refractivity contribution >= 4 is 53.1 Å². The second-order valence-electron chi connectivity index (χ2n) is 14.2. The van der Waals surface area contributed by atoms with Crippen LogP contribution in [0.25, 0.3) is 11.1 Å². The van der Waals surface area contributed by atoms with Crippen LogP contribution in [0.4, 0.5) is 5.69 Å². The molecule has 2 aliphatic heterocycles. The number of nitrogens with one attached hydrogen (secondary N) is 2. The fourth-order valence-corrected chi connectivity index (χ4v) is 7.38. The van der Waals surface area contributed by atoms with Gasteiger partial charge in [-0.2, -0.15) is 5.26 Å². The average Bonchev–Trinajstić information content (AvgIpc) is 3.72. The highest BCUT2D eigenvalue weighted by atomic mass is 35.5. The number of fused-ring (bicyclic) bond motifs is 2. The smallest absolute Gasteiger partial charge is 0.290 e. The summed E-state index contributed by atoms with van der Waals surface area (Å²) in [5, 5.41) is 26.8. The molecule has 8 rings (SSSR count). The van der Waals surface area contributed by atoms with Crippen LogP contribution in [0.1, 0.15) is 55.7 Å². The highest BCUT2D eigenvalue weighted by Crippen LogP contribution is 2.40. The lowest BCUT2D eigenvalue weighted by molar-refractivity contribution is -0.126. The first-order valence-corrected chi connectivity index (χ1v) is 19.8. The molecule has 0 fully saturated rings. The second kappa shape index (κ2) is 18.8. The molecular weight excluding hydrogens is 821 g/mol. The van der Waals surface area contributed by atoms with E-state index in [1.165, 1.54) is 4.90 Å². The van der Waals surface area contributed by atoms with Gasteiger partial charge in [-0.1, -0.05) is 83.0 Å². The Hall–Kier alpha value is -7.14. The molecular formula is C46H37Cl2N5O8. The summed E-state index contributed by atoms with van der Waals surface area (Å²) in [4.78, 5) is 51.0. The number of nitrogens with zero attached hydrogens (tertiary/aromatic N) is 3. The van der Waals surface area contributed by atoms with E-state index < -0.39 is 18.1 Å². The Morgan fingerprint density at radius 1 is 0.951 bits per heavy atom. The van der Waals surface area contributed by atoms with E-state index in [1.807, 2.05) is 54.6 Å². The minimum atomic E-state index is -0.931. The van der Waals surface area contributed by atoms with Crippen molar-refractivity contribution in [2.24, 2.45) is 0 Å². The Morgan fingerprint density at radius 3 is 2.30 bits per heavy atom. The van der Waals surface area contributed by atoms with Crippen LogP contribution in [-0.2, 0) is 40.4 Å². The van der Waals surface area contributed by atoms with E-state index in [4.69, 9.17) is 52.4 Å². The molecule has 0 bridgehead atoms. The predicted octanol–water partition coefficient (Wildman–Crippen LogP) is 8.11. The van der Waals surface area contributed by atoms with Gasteiger partial charge in [0.05, 0.1) is 27.4 Å². The van der Waals surface area contributed by atoms with E-state index in [2.05, 4.69) is 21.9 Å². The highest BCUT2D eigenvalue weighted by molar-refractivity contribution is 6.42. The SMILES string of the molecule is Cc1cc(C(=O)N2Cc3cc4c(cc3CC2C(=O)NCCc2ccc(-c3ccc(C#N)cc3)cc2)NC(=O)C(c2ccc(OCc3ccc(Cl)c(Cl)c3)cc2)O4)no1.O=CO. The van der Waals surface area contributed by atoms with Crippen molar-refractivity contribution in [1.82, 2.24) is 15.4 Å². The van der Waals surface area contributed by atoms with Gasteiger partial charge in [0.15, 0.2) is 5.69 Å². The van der Waals surface area contributed by atoms with E-state index in [-0.39, 0.29) is 43.6 Å². The number of amides is 3. The monoisotopic (exact) mass is 857 g/mol. The third-order valence-corrected chi connectivity index (χ3v) is 10.9. The number of carbonyl (C=O) groups excluding carboxylic acids is 3. The second-order valence-corrected chi connectivity index (χ2v) is 15.0. The number of carbonyl (C=O) groups is 4. The number of benzene rings is 5. The number of halogens is 2. The van der Waals surface area contributed by atoms with Crippen molar-refractivity contribution in [3.05, 3.63) is 164 Å². The zero-order valence-corrected chi connectivity index (χ0v) is 34.1. The summed E-state index contributed by atoms with van der Waals surface area (Å²) in [5.41, 5.74) is 7.32. The molecule has 3 amide bonds. The van der Waals surface area contributed by atoms with E-state index in [1.54, 1.807) is 61.5 Å². The van der Waals surface area contributed by atoms with Crippen molar-refractivity contribution in [3.8, 4) is 28.7 Å². The van der Waals surface area contributed by atoms with E-state index in [0.717, 1.165) is 33.4 Å². The van der Waals surface area contributed by atoms with Gasteiger partial charge >= 0.3 is 0 Å². The van der Waals surface area contributed by atoms with Crippen LogP contribution in [0.3, 0.4) is 0 Å². The van der Waals surface area contributed by atoms with Gasteiger partial charge in [-0.25, -0.2) is 0 Å². The Morgan fingerprint density at radius 2 is 1.64 bits per heavy atom. The van der Waals surface area contributed by atoms with Gasteiger partial charge in [-0.05, 0) is 95.3 Å². The molecule has 2 unspecified atom stereocenters. The van der Waals surface area contributed by atoms with Gasteiger partial charge in [0, 0.05) is 31.1 Å². The van der Waals surface area contributed by atoms with Crippen LogP contribution >= 0.6 is 23.2 Å². The molecule has 0 spiro atoms. The first-order chi connectivity index (χ1) is 29.5. The fraction of sp³-hybridized carbons (Fsp3) is 0.174. The predicted molar refractivity (Wildman–Crippen MR) is 226 cm³/mol. The zero-order valence-electron chi connectivity index (χ0n) is 32.6. The number of nitriles is 1. The lowest BCUT2D eigenvalue weighted by Gasteiger charge is -2.37. The molecule has 3 N–H and O–H groups in total. The standard InChI is InChI=1S/C45H35Cl2N5O6.CH2O2/c1-26-18-39(51-58-26)45(55)52-24-34-22-41-38(50-44(54)42(57-41)32-11-13-35(14-12-32)56-25-29-6-15-36(46)37(47)19-29)20-33(34)21-40(52)43(53)49-17-16-27-2-7-30(8-3-27)31-9-4-28(23-48)5-10-31;2-1-3/h2-15,18-20,22,40,42H,16-17,21,24-25H2,1H3,(H,49,53)(H,50,54);1H,(H,2,3). The maximum Gasteiger partial charge on any atom is 0.290 e. The lowest BCUT2D eigenvalue weighted by atomic mass is 9.91. The molecule has 15 heteroatoms. The van der Waals surface area contributed by atoms with Crippen LogP contribution in [-0.4, -0.2) is 51.9 Å². The van der Waals surface area contributed by atoms with Crippen LogP contribution in [0.15, 0.2) is 114 Å². The first kappa shape index (κ1) is 42.0. The molecule has 2 atom stereocenters. The topological polar surface area (TPSA) is 184 Å². The number of hydrogen-bond acceptors (Lipinski definition) is 9. The van der Waals surface area contributed by atoms with Crippen LogP contribution in [0.2, 0.25) is 10.0 Å². The number of ether oxygens (including phenoxy) is 2. The van der Waals surface area contributed by atoms with Crippen LogP contribution in [0, 0.1) is 18.3 Å². The summed E-state index contributed by atoms with van der Waals surface area (Å²) in [6.07, 6.45) is -0.148. The quantitative estimate of drug-likeness (QED) is 0.114. The third-order valence-electron chi connectivity index (χ3n) is 10.2. The highest BCUT2D eigenvalue weighted by Gasteiger charge is 2.38. The molecule has 61 heavy (non-hydrogen) atoms. The molecule has 308 valence electrons. The molecule has 0 aliphatic carbocycles. The van der Waals surface area contributed by atoms with Crippen molar-refractivity contribution in [2.45, 2.75) is 45.1 Å². The van der Waals surface area contributed by atoms with Crippen molar-refractivity contribution in [1.29, 1.82) is 5.26 Å². The Bertz CT molecular complexity index is 2630. The van der Waals surface area contributed by atoms with Crippen molar-refractivity contribution < 1.29 is 38.3 Å². The number of aryl methyl sites for hydroxylation is 1. The van der Waals surface area contributed by atoms with Gasteiger partial charge in [-0.15, -0.1) is 0 Å². The largest absolute Gasteiger partial charge is 0.489 e. The molecule has 3 heterocycles. The number of hydrogen-bond donors (Lipinski definition) is 3. The maximum absolute atomic E-state index is 13.9. The summed E-state index contributed by atoms with van der Waals surface area (Å²) < 4.78 is 17.4. The molecule has 1 aromatic heterocycles. The number of aromatic nitrogens is 1. The molecule has 2 aliphatic rings. The Labute approximate surface area is 360 Å². The normalized spacial score (nSPS) is 15.0. The van der Waals surface area contributed by atoms with Gasteiger partial charge in [0.2, 0.25) is 12.0 Å². The summed E-state index contributed by atoms with van der Waals surface area (Å²) >= 11 is 12.2. The third kappa shape index (κ3) is 9.84. The molecule has 13 nitrogen and oxygen atoms in total. The van der Waals surface area contributed by atoms with Gasteiger partial charge < -0.3 is 34.6 Å². The zero-order chi connectivity index (χ0) is 43.0. The molecule has 0 radical (unpaired) electrons. The minimum absolute atomic E-state index is 0.104. The van der Waals surface area contributed by atoms with E-state index in [9.17, 15) is 14.4 Å². The van der Waals surface area contributed by atoms with Crippen molar-refractivity contribution in [2.75, 3.05) is 11.9 Å². The van der Waals surface area contributed by atoms with Crippen molar-refractivity contribution in [3.63, 3.8) is 0 Å². The summed E-state index contributed by atoms with van der Waals surface area (Å²) in [6, 6.07) is 34.3. The summed E-state index contributed by atoms with van der Waals surface area (Å²) in [6.45, 7) is 2.19. The van der Waals surface area contributed by atoms with E-state index >= 15 is 0 Å². The maximum atomic E-state index is 13.9. The summed E-state index contributed by atoms with van der Waals surface area (Å²) in [5.74, 6) is 0.428.